The van der Waals surface area contributed by atoms with Gasteiger partial charge in [0.1, 0.15) is 5.75 Å². The lowest BCUT2D eigenvalue weighted by molar-refractivity contribution is -0.133. The van der Waals surface area contributed by atoms with Crippen LogP contribution in [0.2, 0.25) is 0 Å². The minimum absolute atomic E-state index is 0.0733. The van der Waals surface area contributed by atoms with Crippen molar-refractivity contribution < 1.29 is 22.9 Å². The summed E-state index contributed by atoms with van der Waals surface area (Å²) in [5, 5.41) is 8.17. The molecule has 0 amide bonds. The molecule has 5 nitrogen and oxygen atoms in total. The van der Waals surface area contributed by atoms with Gasteiger partial charge in [-0.15, -0.1) is 0 Å². The molecule has 0 heterocycles. The number of carboxylic acid groups (broad SMARTS) is 1. The largest absolute Gasteiger partial charge is 0.481 e. The molecule has 2 N–H and O–H groups in total. The smallest absolute Gasteiger partial charge is 0.314 e. The molecule has 0 aromatic carbocycles. The topological polar surface area (TPSA) is 91.7 Å². The Labute approximate surface area is 78.1 Å². The maximum absolute atomic E-state index is 10.1. The maximum atomic E-state index is 10.1. The summed E-state index contributed by atoms with van der Waals surface area (Å²) in [7, 11) is -1.76. The molecule has 0 aliphatic carbocycles. The third-order valence-corrected chi connectivity index (χ3v) is 3.92. The Kier molecular flexibility index (Phi) is 5.72. The van der Waals surface area contributed by atoms with Crippen molar-refractivity contribution in [3.8, 4) is 0 Å². The first-order chi connectivity index (χ1) is 5.42. The Balaban J connectivity index is 3.29. The zero-order chi connectivity index (χ0) is 9.61. The van der Waals surface area contributed by atoms with Crippen molar-refractivity contribution in [2.24, 2.45) is 0 Å². The van der Waals surface area contributed by atoms with Crippen molar-refractivity contribution in [2.45, 2.75) is 0 Å². The normalized spacial score (nSPS) is 11.4. The average molecular weight is 232 g/mol. The second-order valence-electron chi connectivity index (χ2n) is 1.76. The lowest BCUT2D eigenvalue weighted by Crippen LogP contribution is -2.05. The van der Waals surface area contributed by atoms with E-state index in [-0.39, 0.29) is 17.3 Å². The molecule has 0 radical (unpaired) electrons. The van der Waals surface area contributed by atoms with Crippen molar-refractivity contribution in [3.63, 3.8) is 0 Å². The van der Waals surface area contributed by atoms with Crippen LogP contribution in [-0.2, 0) is 14.9 Å². The number of aliphatic carboxylic acids is 1. The van der Waals surface area contributed by atoms with Gasteiger partial charge in [0, 0.05) is 5.75 Å². The van der Waals surface area contributed by atoms with Gasteiger partial charge in [-0.25, -0.2) is 0 Å². The SMILES string of the molecule is O=C(O)CSSCCS(=O)(=O)O. The standard InChI is InChI=1S/C4H8O5S3/c5-4(6)3-11-10-1-2-12(7,8)9/h1-3H2,(H,5,6)(H,7,8,9). The monoisotopic (exact) mass is 232 g/mol. The molecule has 0 spiro atoms. The van der Waals surface area contributed by atoms with E-state index >= 15 is 0 Å². The van der Waals surface area contributed by atoms with Crippen molar-refractivity contribution in [1.29, 1.82) is 0 Å². The number of hydrogen-bond acceptors (Lipinski definition) is 5. The minimum Gasteiger partial charge on any atom is -0.481 e. The second kappa shape index (κ2) is 5.68. The molecule has 0 atom stereocenters. The van der Waals surface area contributed by atoms with Gasteiger partial charge in [-0.05, 0) is 0 Å². The summed E-state index contributed by atoms with van der Waals surface area (Å²) in [6.45, 7) is 0. The number of rotatable bonds is 6. The first-order valence-electron chi connectivity index (χ1n) is 2.83. The second-order valence-corrected chi connectivity index (χ2v) is 5.92. The summed E-state index contributed by atoms with van der Waals surface area (Å²) < 4.78 is 28.5. The predicted octanol–water partition coefficient (Wildman–Crippen LogP) is 0.340. The molecule has 0 rings (SSSR count). The van der Waals surface area contributed by atoms with Gasteiger partial charge in [0.05, 0.1) is 5.75 Å². The summed E-state index contributed by atoms with van der Waals surface area (Å²) in [6, 6.07) is 0. The lowest BCUT2D eigenvalue weighted by atomic mass is 10.8. The molecule has 0 saturated carbocycles. The van der Waals surface area contributed by atoms with Crippen LogP contribution in [0.5, 0.6) is 0 Å². The summed E-state index contributed by atoms with van der Waals surface area (Å²) in [6.07, 6.45) is 0. The van der Waals surface area contributed by atoms with Crippen LogP contribution in [-0.4, -0.2) is 41.3 Å². The highest BCUT2D eigenvalue weighted by atomic mass is 33.1. The zero-order valence-corrected chi connectivity index (χ0v) is 8.41. The molecule has 0 aliphatic heterocycles. The lowest BCUT2D eigenvalue weighted by Gasteiger charge is -1.95. The Morgan fingerprint density at radius 3 is 2.33 bits per heavy atom. The van der Waals surface area contributed by atoms with Gasteiger partial charge < -0.3 is 5.11 Å². The van der Waals surface area contributed by atoms with E-state index in [1.807, 2.05) is 0 Å². The highest BCUT2D eigenvalue weighted by Gasteiger charge is 2.04. The molecule has 0 unspecified atom stereocenters. The maximum Gasteiger partial charge on any atom is 0.314 e. The van der Waals surface area contributed by atoms with E-state index in [0.717, 1.165) is 21.6 Å². The van der Waals surface area contributed by atoms with Crippen LogP contribution in [0.25, 0.3) is 0 Å². The van der Waals surface area contributed by atoms with E-state index in [2.05, 4.69) is 0 Å². The van der Waals surface area contributed by atoms with Gasteiger partial charge >= 0.3 is 5.97 Å². The van der Waals surface area contributed by atoms with Crippen LogP contribution in [0.1, 0.15) is 0 Å². The Bertz CT molecular complexity index is 233. The third-order valence-electron chi connectivity index (χ3n) is 0.690. The van der Waals surface area contributed by atoms with Crippen LogP contribution < -0.4 is 0 Å². The summed E-state index contributed by atoms with van der Waals surface area (Å²) in [5.74, 6) is -1.17. The molecule has 8 heteroatoms. The van der Waals surface area contributed by atoms with Crippen molar-refractivity contribution >= 4 is 37.7 Å². The average Bonchev–Trinajstić information content (AvgIpc) is 1.83. The quantitative estimate of drug-likeness (QED) is 0.387. The Morgan fingerprint density at radius 2 is 1.92 bits per heavy atom. The summed E-state index contributed by atoms with van der Waals surface area (Å²) >= 11 is 0. The Hall–Kier alpha value is 0.0800. The molecule has 0 aromatic rings. The first kappa shape index (κ1) is 12.1. The fourth-order valence-electron chi connectivity index (χ4n) is 0.290. The van der Waals surface area contributed by atoms with Crippen LogP contribution in [0.4, 0.5) is 0 Å². The first-order valence-corrected chi connectivity index (χ1v) is 6.93. The highest BCUT2D eigenvalue weighted by molar-refractivity contribution is 8.76. The van der Waals surface area contributed by atoms with Gasteiger partial charge in [-0.2, -0.15) is 8.42 Å². The van der Waals surface area contributed by atoms with Crippen LogP contribution in [0, 0.1) is 0 Å². The van der Waals surface area contributed by atoms with E-state index in [1.165, 1.54) is 0 Å². The molecular formula is C4H8O5S3. The van der Waals surface area contributed by atoms with E-state index < -0.39 is 16.1 Å². The zero-order valence-electron chi connectivity index (χ0n) is 5.97. The van der Waals surface area contributed by atoms with E-state index in [1.54, 1.807) is 0 Å². The van der Waals surface area contributed by atoms with Crippen molar-refractivity contribution in [2.75, 3.05) is 17.3 Å². The molecule has 72 valence electrons. The molecule has 0 fully saturated rings. The molecule has 0 bridgehead atoms. The van der Waals surface area contributed by atoms with Crippen molar-refractivity contribution in [1.82, 2.24) is 0 Å². The van der Waals surface area contributed by atoms with Gasteiger partial charge in [0.15, 0.2) is 0 Å². The summed E-state index contributed by atoms with van der Waals surface area (Å²) in [4.78, 5) is 9.96. The minimum atomic E-state index is -3.91. The molecule has 0 aromatic heterocycles. The number of hydrogen-bond donors (Lipinski definition) is 2. The summed E-state index contributed by atoms with van der Waals surface area (Å²) in [5.41, 5.74) is 0. The van der Waals surface area contributed by atoms with Gasteiger partial charge in [0.2, 0.25) is 0 Å². The van der Waals surface area contributed by atoms with E-state index in [0.29, 0.717) is 0 Å². The third kappa shape index (κ3) is 10.1. The van der Waals surface area contributed by atoms with Crippen LogP contribution in [0.3, 0.4) is 0 Å². The van der Waals surface area contributed by atoms with E-state index in [9.17, 15) is 13.2 Å². The van der Waals surface area contributed by atoms with Crippen LogP contribution in [0.15, 0.2) is 0 Å². The fourth-order valence-corrected chi connectivity index (χ4v) is 3.23. The molecule has 0 saturated heterocycles. The van der Waals surface area contributed by atoms with Gasteiger partial charge in [-0.1, -0.05) is 21.6 Å². The predicted molar refractivity (Wildman–Crippen MR) is 49.0 cm³/mol. The highest BCUT2D eigenvalue weighted by Crippen LogP contribution is 2.20. The van der Waals surface area contributed by atoms with Gasteiger partial charge in [-0.3, -0.25) is 9.35 Å². The molecular weight excluding hydrogens is 224 g/mol. The molecule has 12 heavy (non-hydrogen) atoms. The fraction of sp³-hybridized carbons (Fsp3) is 0.750. The number of carbonyl (C=O) groups is 1. The number of carboxylic acids is 1. The molecule has 0 aliphatic rings. The van der Waals surface area contributed by atoms with E-state index in [4.69, 9.17) is 9.66 Å². The Morgan fingerprint density at radius 1 is 1.33 bits per heavy atom. The van der Waals surface area contributed by atoms with Crippen molar-refractivity contribution in [3.05, 3.63) is 0 Å². The van der Waals surface area contributed by atoms with Crippen LogP contribution >= 0.6 is 21.6 Å². The van der Waals surface area contributed by atoms with Gasteiger partial charge in [0.25, 0.3) is 10.1 Å².